The van der Waals surface area contributed by atoms with E-state index in [0.717, 1.165) is 21.9 Å². The van der Waals surface area contributed by atoms with E-state index in [-0.39, 0.29) is 16.6 Å². The number of carbonyl (C=O) groups is 1. The first kappa shape index (κ1) is 23.5. The molecule has 0 radical (unpaired) electrons. The number of benzene rings is 2. The molecule has 184 valence electrons. The monoisotopic (exact) mass is 504 g/mol. The maximum absolute atomic E-state index is 13.1. The fourth-order valence-corrected chi connectivity index (χ4v) is 5.15. The molecule has 0 unspecified atom stereocenters. The summed E-state index contributed by atoms with van der Waals surface area (Å²) >= 11 is 0. The summed E-state index contributed by atoms with van der Waals surface area (Å²) in [6.07, 6.45) is 4.32. The Kier molecular flexibility index (Phi) is 6.38. The van der Waals surface area contributed by atoms with Gasteiger partial charge in [0.05, 0.1) is 17.7 Å². The summed E-state index contributed by atoms with van der Waals surface area (Å²) < 4.78 is 32.3. The Hall–Kier alpha value is -4.25. The summed E-state index contributed by atoms with van der Waals surface area (Å²) in [6, 6.07) is 17.2. The summed E-state index contributed by atoms with van der Waals surface area (Å²) in [4.78, 5) is 25.1. The highest BCUT2D eigenvalue weighted by molar-refractivity contribution is 7.89. The number of amides is 1. The fourth-order valence-electron chi connectivity index (χ4n) is 4.09. The average Bonchev–Trinajstić information content (AvgIpc) is 3.45. The van der Waals surface area contributed by atoms with E-state index >= 15 is 0 Å². The van der Waals surface area contributed by atoms with Crippen LogP contribution in [0.5, 0.6) is 5.75 Å². The summed E-state index contributed by atoms with van der Waals surface area (Å²) in [5.74, 6) is 0.915. The first-order chi connectivity index (χ1) is 17.5. The van der Waals surface area contributed by atoms with E-state index in [1.54, 1.807) is 36.5 Å². The van der Waals surface area contributed by atoms with Crippen molar-refractivity contribution >= 4 is 21.6 Å². The van der Waals surface area contributed by atoms with Crippen LogP contribution in [0.2, 0.25) is 0 Å². The second-order valence-electron chi connectivity index (χ2n) is 8.16. The number of hydrogen-bond donors (Lipinski definition) is 0. The van der Waals surface area contributed by atoms with Crippen LogP contribution in [-0.2, 0) is 10.0 Å². The maximum Gasteiger partial charge on any atom is 0.284 e. The Labute approximate surface area is 208 Å². The molecule has 0 atom stereocenters. The highest BCUT2D eigenvalue weighted by Crippen LogP contribution is 2.28. The number of rotatable bonds is 6. The molecule has 1 aliphatic heterocycles. The third-order valence-electron chi connectivity index (χ3n) is 6.03. The zero-order chi connectivity index (χ0) is 25.1. The van der Waals surface area contributed by atoms with E-state index < -0.39 is 10.0 Å². The number of pyridine rings is 1. The van der Waals surface area contributed by atoms with Crippen molar-refractivity contribution in [2.45, 2.75) is 4.90 Å². The average molecular weight is 505 g/mol. The lowest BCUT2D eigenvalue weighted by Crippen LogP contribution is -2.48. The molecule has 2 aromatic heterocycles. The second kappa shape index (κ2) is 9.78. The van der Waals surface area contributed by atoms with Gasteiger partial charge in [0, 0.05) is 49.7 Å². The van der Waals surface area contributed by atoms with Crippen molar-refractivity contribution in [3.63, 3.8) is 0 Å². The number of hydrogen-bond acceptors (Lipinski definition) is 8. The van der Waals surface area contributed by atoms with Crippen LogP contribution in [0, 0.1) is 0 Å². The zero-order valence-corrected chi connectivity index (χ0v) is 20.4. The fraction of sp³-hybridized carbons (Fsp3) is 0.200. The summed E-state index contributed by atoms with van der Waals surface area (Å²) in [5.41, 5.74) is 2.04. The molecule has 2 aromatic carbocycles. The molecular formula is C25H24N6O4S. The van der Waals surface area contributed by atoms with Gasteiger partial charge in [-0.25, -0.2) is 4.98 Å². The van der Waals surface area contributed by atoms with Gasteiger partial charge in [-0.1, -0.05) is 12.1 Å². The van der Waals surface area contributed by atoms with E-state index in [2.05, 4.69) is 20.0 Å². The van der Waals surface area contributed by atoms with E-state index in [1.807, 2.05) is 24.3 Å². The highest BCUT2D eigenvalue weighted by Gasteiger charge is 2.25. The molecule has 5 rings (SSSR count). The first-order valence-electron chi connectivity index (χ1n) is 11.3. The van der Waals surface area contributed by atoms with Crippen molar-refractivity contribution in [2.24, 2.45) is 0 Å². The number of anilines is 1. The highest BCUT2D eigenvalue weighted by atomic mass is 32.2. The number of methoxy groups -OCH3 is 1. The Balaban J connectivity index is 1.26. The smallest absolute Gasteiger partial charge is 0.284 e. The van der Waals surface area contributed by atoms with Crippen molar-refractivity contribution in [1.29, 1.82) is 0 Å². The quantitative estimate of drug-likeness (QED) is 0.394. The van der Waals surface area contributed by atoms with Gasteiger partial charge in [0.15, 0.2) is 5.82 Å². The van der Waals surface area contributed by atoms with Crippen molar-refractivity contribution in [3.8, 4) is 17.1 Å². The Morgan fingerprint density at radius 1 is 0.944 bits per heavy atom. The molecule has 11 heteroatoms. The minimum Gasteiger partial charge on any atom is -0.495 e. The third-order valence-corrected chi connectivity index (χ3v) is 7.57. The predicted molar refractivity (Wildman–Crippen MR) is 133 cm³/mol. The van der Waals surface area contributed by atoms with Crippen LogP contribution >= 0.6 is 0 Å². The molecular weight excluding hydrogens is 480 g/mol. The summed E-state index contributed by atoms with van der Waals surface area (Å²) in [6.45, 7) is 2.44. The van der Waals surface area contributed by atoms with Gasteiger partial charge in [-0.15, -0.1) is 9.19 Å². The van der Waals surface area contributed by atoms with Crippen LogP contribution in [0.1, 0.15) is 10.4 Å². The van der Waals surface area contributed by atoms with Gasteiger partial charge >= 0.3 is 0 Å². The zero-order valence-electron chi connectivity index (χ0n) is 19.6. The second-order valence-corrected chi connectivity index (χ2v) is 9.96. The molecule has 36 heavy (non-hydrogen) atoms. The molecule has 0 aliphatic carbocycles. The lowest BCUT2D eigenvalue weighted by Gasteiger charge is -2.36. The molecule has 0 N–H and O–H groups in total. The molecule has 1 aliphatic rings. The molecule has 10 nitrogen and oxygen atoms in total. The molecule has 4 aromatic rings. The number of ether oxygens (including phenoxy) is 1. The molecule has 1 saturated heterocycles. The van der Waals surface area contributed by atoms with E-state index in [9.17, 15) is 13.2 Å². The lowest BCUT2D eigenvalue weighted by atomic mass is 10.1. The largest absolute Gasteiger partial charge is 0.495 e. The third kappa shape index (κ3) is 4.52. The van der Waals surface area contributed by atoms with Crippen molar-refractivity contribution in [3.05, 3.63) is 84.9 Å². The molecule has 1 fully saturated rings. The first-order valence-corrected chi connectivity index (χ1v) is 12.8. The SMILES string of the molecule is COc1ccccc1N1CCN(C(=O)c2ccc(S(=O)(=O)n3cnc(-c4cccnc4)n3)cc2)CC1. The van der Waals surface area contributed by atoms with Crippen molar-refractivity contribution in [2.75, 3.05) is 38.2 Å². The summed E-state index contributed by atoms with van der Waals surface area (Å²) in [7, 11) is -2.31. The van der Waals surface area contributed by atoms with Gasteiger partial charge in [0.2, 0.25) is 0 Å². The van der Waals surface area contributed by atoms with Gasteiger partial charge in [-0.2, -0.15) is 8.42 Å². The molecule has 3 heterocycles. The van der Waals surface area contributed by atoms with Gasteiger partial charge in [0.1, 0.15) is 12.1 Å². The van der Waals surface area contributed by atoms with Crippen LogP contribution < -0.4 is 9.64 Å². The lowest BCUT2D eigenvalue weighted by molar-refractivity contribution is 0.0746. The topological polar surface area (TPSA) is 111 Å². The molecule has 0 saturated carbocycles. The van der Waals surface area contributed by atoms with Crippen molar-refractivity contribution < 1.29 is 17.9 Å². The molecule has 0 bridgehead atoms. The standard InChI is InChI=1S/C25H24N6O4S/c1-35-23-7-3-2-6-22(23)29-13-15-30(16-14-29)25(32)19-8-10-21(11-9-19)36(33,34)31-18-27-24(28-31)20-5-4-12-26-17-20/h2-12,17-18H,13-16H2,1H3. The van der Waals surface area contributed by atoms with E-state index in [1.165, 1.54) is 24.3 Å². The Morgan fingerprint density at radius 2 is 1.69 bits per heavy atom. The van der Waals surface area contributed by atoms with Gasteiger partial charge in [-0.3, -0.25) is 9.78 Å². The predicted octanol–water partition coefficient (Wildman–Crippen LogP) is 2.55. The van der Waals surface area contributed by atoms with Crippen LogP contribution in [0.15, 0.2) is 84.3 Å². The number of nitrogens with zero attached hydrogens (tertiary/aromatic N) is 6. The van der Waals surface area contributed by atoms with Crippen LogP contribution in [-0.4, -0.2) is 71.7 Å². The number of piperazine rings is 1. The van der Waals surface area contributed by atoms with Crippen LogP contribution in [0.25, 0.3) is 11.4 Å². The van der Waals surface area contributed by atoms with Crippen LogP contribution in [0.3, 0.4) is 0 Å². The molecule has 1 amide bonds. The van der Waals surface area contributed by atoms with Crippen LogP contribution in [0.4, 0.5) is 5.69 Å². The number of aromatic nitrogens is 4. The minimum absolute atomic E-state index is 0.0164. The van der Waals surface area contributed by atoms with Gasteiger partial charge in [-0.05, 0) is 48.5 Å². The maximum atomic E-state index is 13.1. The minimum atomic E-state index is -3.96. The Morgan fingerprint density at radius 3 is 2.39 bits per heavy atom. The van der Waals surface area contributed by atoms with Gasteiger partial charge in [0.25, 0.3) is 15.9 Å². The number of carbonyl (C=O) groups excluding carboxylic acids is 1. The number of para-hydroxylation sites is 2. The summed E-state index contributed by atoms with van der Waals surface area (Å²) in [5, 5.41) is 4.09. The van der Waals surface area contributed by atoms with Crippen molar-refractivity contribution in [1.82, 2.24) is 24.1 Å². The van der Waals surface area contributed by atoms with E-state index in [4.69, 9.17) is 4.74 Å². The van der Waals surface area contributed by atoms with E-state index in [0.29, 0.717) is 37.3 Å². The normalized spacial score (nSPS) is 14.0. The molecule has 0 spiro atoms. The van der Waals surface area contributed by atoms with Gasteiger partial charge < -0.3 is 14.5 Å². The Bertz CT molecular complexity index is 1460.